The van der Waals surface area contributed by atoms with Crippen LogP contribution in [0.4, 0.5) is 5.69 Å². The van der Waals surface area contributed by atoms with Crippen molar-refractivity contribution in [2.24, 2.45) is 0 Å². The number of rotatable bonds is 9. The van der Waals surface area contributed by atoms with Gasteiger partial charge in [-0.1, -0.05) is 22.9 Å². The van der Waals surface area contributed by atoms with E-state index in [-0.39, 0.29) is 18.3 Å². The normalized spacial score (nSPS) is 10.6. The number of ether oxygens (including phenoxy) is 2. The first-order valence-electron chi connectivity index (χ1n) is 11.6. The van der Waals surface area contributed by atoms with Gasteiger partial charge in [0.25, 0.3) is 5.91 Å². The van der Waals surface area contributed by atoms with Crippen LogP contribution < -0.4 is 14.4 Å². The Kier molecular flexibility index (Phi) is 7.75. The highest BCUT2D eigenvalue weighted by atomic mass is 16.5. The SMILES string of the molecule is COc1ccc(-c2noc(CCCC(=O)Oc3ccc(N(C)C(=O)c4ccc(C)cc4)cc3)n2)cc1. The van der Waals surface area contributed by atoms with E-state index < -0.39 is 0 Å². The molecule has 184 valence electrons. The number of nitrogens with zero attached hydrogens (tertiary/aromatic N) is 3. The standard InChI is InChI=1S/C28H27N3O5/c1-19-7-9-21(10-8-19)28(33)31(2)22-13-17-24(18-14-22)35-26(32)6-4-5-25-29-27(30-36-25)20-11-15-23(34-3)16-12-20/h7-18H,4-6H2,1-3H3. The zero-order chi connectivity index (χ0) is 25.5. The lowest BCUT2D eigenvalue weighted by Crippen LogP contribution is -2.26. The van der Waals surface area contributed by atoms with Crippen LogP contribution in [0.3, 0.4) is 0 Å². The molecule has 0 radical (unpaired) electrons. The molecular formula is C28H27N3O5. The molecule has 0 saturated carbocycles. The second kappa shape index (κ2) is 11.3. The predicted molar refractivity (Wildman–Crippen MR) is 135 cm³/mol. The summed E-state index contributed by atoms with van der Waals surface area (Å²) in [7, 11) is 3.32. The molecule has 0 atom stereocenters. The quantitative estimate of drug-likeness (QED) is 0.236. The number of carbonyl (C=O) groups excluding carboxylic acids is 2. The van der Waals surface area contributed by atoms with E-state index in [2.05, 4.69) is 10.1 Å². The van der Waals surface area contributed by atoms with E-state index in [9.17, 15) is 9.59 Å². The molecular weight excluding hydrogens is 458 g/mol. The Labute approximate surface area is 209 Å². The fraction of sp³-hybridized carbons (Fsp3) is 0.214. The van der Waals surface area contributed by atoms with Gasteiger partial charge in [0, 0.05) is 36.7 Å². The molecule has 3 aromatic carbocycles. The van der Waals surface area contributed by atoms with E-state index >= 15 is 0 Å². The van der Waals surface area contributed by atoms with Crippen molar-refractivity contribution in [3.05, 3.63) is 89.8 Å². The summed E-state index contributed by atoms with van der Waals surface area (Å²) in [4.78, 5) is 30.9. The number of anilines is 1. The Morgan fingerprint density at radius 3 is 2.25 bits per heavy atom. The molecule has 0 aliphatic rings. The molecule has 1 aromatic heterocycles. The van der Waals surface area contributed by atoms with Crippen LogP contribution in [0.1, 0.15) is 34.7 Å². The van der Waals surface area contributed by atoms with Crippen LogP contribution in [0, 0.1) is 6.92 Å². The van der Waals surface area contributed by atoms with Gasteiger partial charge in [-0.25, -0.2) is 0 Å². The summed E-state index contributed by atoms with van der Waals surface area (Å²) in [5.41, 5.74) is 3.22. The lowest BCUT2D eigenvalue weighted by Gasteiger charge is -2.18. The van der Waals surface area contributed by atoms with E-state index in [1.54, 1.807) is 55.5 Å². The molecule has 1 amide bonds. The monoisotopic (exact) mass is 485 g/mol. The van der Waals surface area contributed by atoms with Gasteiger partial charge < -0.3 is 18.9 Å². The van der Waals surface area contributed by atoms with E-state index in [0.29, 0.717) is 41.6 Å². The van der Waals surface area contributed by atoms with Gasteiger partial charge in [0.2, 0.25) is 11.7 Å². The van der Waals surface area contributed by atoms with E-state index in [4.69, 9.17) is 14.0 Å². The number of hydrogen-bond donors (Lipinski definition) is 0. The first-order valence-corrected chi connectivity index (χ1v) is 11.6. The minimum atomic E-state index is -0.360. The number of methoxy groups -OCH3 is 1. The van der Waals surface area contributed by atoms with Crippen LogP contribution >= 0.6 is 0 Å². The molecule has 0 fully saturated rings. The van der Waals surface area contributed by atoms with Gasteiger partial charge in [-0.15, -0.1) is 0 Å². The number of hydrogen-bond acceptors (Lipinski definition) is 7. The van der Waals surface area contributed by atoms with Crippen molar-refractivity contribution >= 4 is 17.6 Å². The van der Waals surface area contributed by atoms with Gasteiger partial charge in [-0.3, -0.25) is 9.59 Å². The number of amides is 1. The smallest absolute Gasteiger partial charge is 0.311 e. The second-order valence-electron chi connectivity index (χ2n) is 8.29. The largest absolute Gasteiger partial charge is 0.497 e. The van der Waals surface area contributed by atoms with E-state index in [1.807, 2.05) is 43.3 Å². The molecule has 0 saturated heterocycles. The molecule has 4 rings (SSSR count). The van der Waals surface area contributed by atoms with E-state index in [1.165, 1.54) is 0 Å². The van der Waals surface area contributed by atoms with Gasteiger partial charge >= 0.3 is 5.97 Å². The molecule has 0 aliphatic carbocycles. The minimum Gasteiger partial charge on any atom is -0.497 e. The third-order valence-corrected chi connectivity index (χ3v) is 5.65. The van der Waals surface area contributed by atoms with Crippen molar-refractivity contribution in [1.29, 1.82) is 0 Å². The Hall–Kier alpha value is -4.46. The highest BCUT2D eigenvalue weighted by Crippen LogP contribution is 2.22. The van der Waals surface area contributed by atoms with Gasteiger partial charge in [0.1, 0.15) is 11.5 Å². The van der Waals surface area contributed by atoms with Gasteiger partial charge in [0.05, 0.1) is 7.11 Å². The fourth-order valence-electron chi connectivity index (χ4n) is 3.53. The highest BCUT2D eigenvalue weighted by Gasteiger charge is 2.14. The molecule has 8 nitrogen and oxygen atoms in total. The summed E-state index contributed by atoms with van der Waals surface area (Å²) in [6, 6.07) is 21.6. The first kappa shape index (κ1) is 24.7. The average Bonchev–Trinajstić information content (AvgIpc) is 3.38. The van der Waals surface area contributed by atoms with Crippen molar-refractivity contribution < 1.29 is 23.6 Å². The molecule has 0 unspecified atom stereocenters. The topological polar surface area (TPSA) is 94.8 Å². The van der Waals surface area contributed by atoms with Crippen molar-refractivity contribution in [2.45, 2.75) is 26.2 Å². The molecule has 0 N–H and O–H groups in total. The molecule has 4 aromatic rings. The third-order valence-electron chi connectivity index (χ3n) is 5.65. The van der Waals surface area contributed by atoms with Crippen molar-refractivity contribution in [3.63, 3.8) is 0 Å². The summed E-state index contributed by atoms with van der Waals surface area (Å²) in [5.74, 6) is 1.64. The summed E-state index contributed by atoms with van der Waals surface area (Å²) < 4.78 is 15.9. The van der Waals surface area contributed by atoms with Crippen LogP contribution in [-0.4, -0.2) is 36.2 Å². The zero-order valence-corrected chi connectivity index (χ0v) is 20.4. The van der Waals surface area contributed by atoms with Crippen molar-refractivity contribution in [2.75, 3.05) is 19.1 Å². The lowest BCUT2D eigenvalue weighted by molar-refractivity contribution is -0.134. The molecule has 0 spiro atoms. The number of aryl methyl sites for hydroxylation is 2. The van der Waals surface area contributed by atoms with Crippen molar-refractivity contribution in [1.82, 2.24) is 10.1 Å². The van der Waals surface area contributed by atoms with Crippen LogP contribution in [0.5, 0.6) is 11.5 Å². The lowest BCUT2D eigenvalue weighted by atomic mass is 10.1. The number of benzene rings is 3. The fourth-order valence-corrected chi connectivity index (χ4v) is 3.53. The van der Waals surface area contributed by atoms with Gasteiger partial charge in [-0.2, -0.15) is 4.98 Å². The maximum atomic E-state index is 12.7. The van der Waals surface area contributed by atoms with Crippen LogP contribution in [-0.2, 0) is 11.2 Å². The summed E-state index contributed by atoms with van der Waals surface area (Å²) in [6.07, 6.45) is 1.17. The Morgan fingerprint density at radius 2 is 1.58 bits per heavy atom. The Bertz CT molecular complexity index is 1310. The molecule has 36 heavy (non-hydrogen) atoms. The minimum absolute atomic E-state index is 0.115. The second-order valence-corrected chi connectivity index (χ2v) is 8.29. The Balaban J connectivity index is 1.25. The summed E-state index contributed by atoms with van der Waals surface area (Å²) in [6.45, 7) is 1.98. The van der Waals surface area contributed by atoms with Crippen LogP contribution in [0.2, 0.25) is 0 Å². The van der Waals surface area contributed by atoms with Crippen LogP contribution in [0.15, 0.2) is 77.3 Å². The molecule has 0 bridgehead atoms. The average molecular weight is 486 g/mol. The van der Waals surface area contributed by atoms with Gasteiger partial charge in [0.15, 0.2) is 0 Å². The maximum Gasteiger partial charge on any atom is 0.311 e. The zero-order valence-electron chi connectivity index (χ0n) is 20.4. The molecule has 8 heteroatoms. The van der Waals surface area contributed by atoms with Crippen LogP contribution in [0.25, 0.3) is 11.4 Å². The summed E-state index contributed by atoms with van der Waals surface area (Å²) >= 11 is 0. The number of carbonyl (C=O) groups is 2. The highest BCUT2D eigenvalue weighted by molar-refractivity contribution is 6.05. The Morgan fingerprint density at radius 1 is 0.917 bits per heavy atom. The predicted octanol–water partition coefficient (Wildman–Crippen LogP) is 5.26. The van der Waals surface area contributed by atoms with E-state index in [0.717, 1.165) is 16.9 Å². The maximum absolute atomic E-state index is 12.7. The number of esters is 1. The molecule has 0 aliphatic heterocycles. The third kappa shape index (κ3) is 6.15. The molecule has 1 heterocycles. The van der Waals surface area contributed by atoms with Crippen molar-refractivity contribution in [3.8, 4) is 22.9 Å². The number of aromatic nitrogens is 2. The van der Waals surface area contributed by atoms with Gasteiger partial charge in [-0.05, 0) is 74.0 Å². The summed E-state index contributed by atoms with van der Waals surface area (Å²) in [5, 5.41) is 3.99. The first-order chi connectivity index (χ1) is 17.4.